The van der Waals surface area contributed by atoms with Crippen LogP contribution in [-0.2, 0) is 14.9 Å². The predicted octanol–water partition coefficient (Wildman–Crippen LogP) is 2.25. The van der Waals surface area contributed by atoms with E-state index in [9.17, 15) is 0 Å². The Kier molecular flexibility index (Phi) is 7.39. The van der Waals surface area contributed by atoms with Crippen molar-refractivity contribution in [2.45, 2.75) is 32.6 Å². The van der Waals surface area contributed by atoms with E-state index in [0.717, 1.165) is 31.2 Å². The van der Waals surface area contributed by atoms with Crippen LogP contribution in [0.3, 0.4) is 0 Å². The minimum Gasteiger partial charge on any atom is -0.475 e. The van der Waals surface area contributed by atoms with Gasteiger partial charge in [0.2, 0.25) is 5.88 Å². The first-order valence-electron chi connectivity index (χ1n) is 7.21. The van der Waals surface area contributed by atoms with E-state index in [1.54, 1.807) is 14.2 Å². The molecule has 0 amide bonds. The second-order valence-corrected chi connectivity index (χ2v) is 5.78. The van der Waals surface area contributed by atoms with Crippen molar-refractivity contribution in [1.29, 1.82) is 0 Å². The largest absolute Gasteiger partial charge is 0.475 e. The van der Waals surface area contributed by atoms with Gasteiger partial charge in [-0.2, -0.15) is 4.98 Å². The van der Waals surface area contributed by atoms with Crippen LogP contribution in [-0.4, -0.2) is 50.6 Å². The third-order valence-electron chi connectivity index (χ3n) is 2.74. The number of nitrogens with zero attached hydrogens (tertiary/aromatic N) is 2. The van der Waals surface area contributed by atoms with Crippen LogP contribution in [0.4, 0.5) is 5.82 Å². The summed E-state index contributed by atoms with van der Waals surface area (Å²) in [5.41, 5.74) is -0.135. The molecule has 0 aromatic carbocycles. The van der Waals surface area contributed by atoms with Crippen molar-refractivity contribution in [2.75, 3.05) is 45.9 Å². The van der Waals surface area contributed by atoms with Gasteiger partial charge in [-0.25, -0.2) is 4.98 Å². The molecule has 0 saturated carbocycles. The molecule has 0 fully saturated rings. The molecule has 1 rings (SSSR count). The fourth-order valence-corrected chi connectivity index (χ4v) is 1.59. The lowest BCUT2D eigenvalue weighted by molar-refractivity contribution is 0.143. The molecule has 1 heterocycles. The van der Waals surface area contributed by atoms with E-state index in [-0.39, 0.29) is 5.41 Å². The van der Waals surface area contributed by atoms with Crippen LogP contribution in [0.2, 0.25) is 0 Å². The maximum Gasteiger partial charge on any atom is 0.218 e. The van der Waals surface area contributed by atoms with Crippen LogP contribution in [0.5, 0.6) is 5.88 Å². The van der Waals surface area contributed by atoms with Gasteiger partial charge in [-0.1, -0.05) is 20.8 Å². The quantitative estimate of drug-likeness (QED) is 0.705. The number of hydrogen-bond donors (Lipinski definition) is 1. The Hall–Kier alpha value is -1.40. The van der Waals surface area contributed by atoms with Gasteiger partial charge >= 0.3 is 0 Å². The van der Waals surface area contributed by atoms with E-state index in [2.05, 4.69) is 36.1 Å². The predicted molar refractivity (Wildman–Crippen MR) is 83.1 cm³/mol. The molecule has 1 aromatic rings. The Labute approximate surface area is 127 Å². The molecule has 120 valence electrons. The highest BCUT2D eigenvalue weighted by Gasteiger charge is 2.19. The number of nitrogens with one attached hydrogen (secondary N) is 1. The standard InChI is InChI=1S/C15H27N3O3/c1-15(2,3)14-17-12(16-7-6-8-19-4)11-13(18-14)21-10-9-20-5/h11H,6-10H2,1-5H3,(H,16,17,18). The van der Waals surface area contributed by atoms with Crippen molar-refractivity contribution in [2.24, 2.45) is 0 Å². The number of ether oxygens (including phenoxy) is 3. The third-order valence-corrected chi connectivity index (χ3v) is 2.74. The van der Waals surface area contributed by atoms with Crippen LogP contribution in [0, 0.1) is 0 Å². The molecule has 6 heteroatoms. The zero-order valence-electron chi connectivity index (χ0n) is 13.7. The lowest BCUT2D eigenvalue weighted by Gasteiger charge is -2.19. The molecule has 1 aromatic heterocycles. The summed E-state index contributed by atoms with van der Waals surface area (Å²) in [5, 5.41) is 3.28. The smallest absolute Gasteiger partial charge is 0.218 e. The molecule has 21 heavy (non-hydrogen) atoms. The average Bonchev–Trinajstić information content (AvgIpc) is 2.43. The van der Waals surface area contributed by atoms with Gasteiger partial charge in [0, 0.05) is 38.9 Å². The van der Waals surface area contributed by atoms with E-state index in [0.29, 0.717) is 19.1 Å². The lowest BCUT2D eigenvalue weighted by Crippen LogP contribution is -2.19. The number of hydrogen-bond acceptors (Lipinski definition) is 6. The average molecular weight is 297 g/mol. The Bertz CT molecular complexity index is 419. The number of rotatable bonds is 9. The second-order valence-electron chi connectivity index (χ2n) is 5.78. The van der Waals surface area contributed by atoms with E-state index in [1.807, 2.05) is 6.07 Å². The van der Waals surface area contributed by atoms with Crippen molar-refractivity contribution >= 4 is 5.82 Å². The Balaban J connectivity index is 2.77. The van der Waals surface area contributed by atoms with Crippen molar-refractivity contribution in [3.8, 4) is 5.88 Å². The molecule has 0 aliphatic rings. The summed E-state index contributed by atoms with van der Waals surface area (Å²) in [5.74, 6) is 2.10. The minimum atomic E-state index is -0.135. The summed E-state index contributed by atoms with van der Waals surface area (Å²) in [6.45, 7) is 8.76. The summed E-state index contributed by atoms with van der Waals surface area (Å²) in [6, 6.07) is 1.82. The van der Waals surface area contributed by atoms with Crippen molar-refractivity contribution in [3.05, 3.63) is 11.9 Å². The van der Waals surface area contributed by atoms with Crippen LogP contribution in [0.15, 0.2) is 6.07 Å². The number of aromatic nitrogens is 2. The van der Waals surface area contributed by atoms with Crippen LogP contribution < -0.4 is 10.1 Å². The second kappa shape index (κ2) is 8.79. The van der Waals surface area contributed by atoms with Gasteiger partial charge in [0.25, 0.3) is 0 Å². The van der Waals surface area contributed by atoms with Crippen LogP contribution >= 0.6 is 0 Å². The number of anilines is 1. The first-order chi connectivity index (χ1) is 9.97. The zero-order valence-corrected chi connectivity index (χ0v) is 13.7. The van der Waals surface area contributed by atoms with Crippen LogP contribution in [0.1, 0.15) is 33.0 Å². The molecule has 0 atom stereocenters. The molecule has 0 aliphatic heterocycles. The monoisotopic (exact) mass is 297 g/mol. The SMILES string of the molecule is COCCCNc1cc(OCCOC)nc(C(C)(C)C)n1. The Morgan fingerprint density at radius 3 is 2.38 bits per heavy atom. The summed E-state index contributed by atoms with van der Waals surface area (Å²) in [6.07, 6.45) is 0.922. The molecule has 6 nitrogen and oxygen atoms in total. The van der Waals surface area contributed by atoms with Crippen molar-refractivity contribution in [1.82, 2.24) is 9.97 Å². The first-order valence-corrected chi connectivity index (χ1v) is 7.21. The van der Waals surface area contributed by atoms with Gasteiger partial charge in [0.15, 0.2) is 0 Å². The maximum atomic E-state index is 5.61. The van der Waals surface area contributed by atoms with Crippen molar-refractivity contribution < 1.29 is 14.2 Å². The summed E-state index contributed by atoms with van der Waals surface area (Å²) in [4.78, 5) is 9.02. The van der Waals surface area contributed by atoms with Gasteiger partial charge in [-0.3, -0.25) is 0 Å². The molecular weight excluding hydrogens is 270 g/mol. The van der Waals surface area contributed by atoms with E-state index in [1.165, 1.54) is 0 Å². The minimum absolute atomic E-state index is 0.135. The molecule has 1 N–H and O–H groups in total. The zero-order chi connectivity index (χ0) is 15.7. The molecule has 0 saturated heterocycles. The van der Waals surface area contributed by atoms with Gasteiger partial charge in [-0.15, -0.1) is 0 Å². The Morgan fingerprint density at radius 2 is 1.76 bits per heavy atom. The highest BCUT2D eigenvalue weighted by molar-refractivity contribution is 5.39. The van der Waals surface area contributed by atoms with Gasteiger partial charge in [0.1, 0.15) is 18.2 Å². The van der Waals surface area contributed by atoms with Gasteiger partial charge in [-0.05, 0) is 6.42 Å². The van der Waals surface area contributed by atoms with Gasteiger partial charge in [0.05, 0.1) is 6.61 Å². The topological polar surface area (TPSA) is 65.5 Å². The fraction of sp³-hybridized carbons (Fsp3) is 0.733. The van der Waals surface area contributed by atoms with Crippen LogP contribution in [0.25, 0.3) is 0 Å². The molecular formula is C15H27N3O3. The Morgan fingerprint density at radius 1 is 1.05 bits per heavy atom. The van der Waals surface area contributed by atoms with Crippen molar-refractivity contribution in [3.63, 3.8) is 0 Å². The van der Waals surface area contributed by atoms with Gasteiger partial charge < -0.3 is 19.5 Å². The normalized spacial score (nSPS) is 11.5. The van der Waals surface area contributed by atoms with E-state index in [4.69, 9.17) is 14.2 Å². The molecule has 0 radical (unpaired) electrons. The summed E-state index contributed by atoms with van der Waals surface area (Å²) < 4.78 is 15.6. The maximum absolute atomic E-state index is 5.61. The first kappa shape index (κ1) is 17.7. The summed E-state index contributed by atoms with van der Waals surface area (Å²) in [7, 11) is 3.34. The fourth-order valence-electron chi connectivity index (χ4n) is 1.59. The van der Waals surface area contributed by atoms with E-state index < -0.39 is 0 Å². The molecule has 0 aliphatic carbocycles. The molecule has 0 spiro atoms. The summed E-state index contributed by atoms with van der Waals surface area (Å²) >= 11 is 0. The number of methoxy groups -OCH3 is 2. The third kappa shape index (κ3) is 6.73. The lowest BCUT2D eigenvalue weighted by atomic mass is 9.96. The highest BCUT2D eigenvalue weighted by atomic mass is 16.5. The molecule has 0 unspecified atom stereocenters. The highest BCUT2D eigenvalue weighted by Crippen LogP contribution is 2.23. The molecule has 0 bridgehead atoms. The van der Waals surface area contributed by atoms with E-state index >= 15 is 0 Å².